The first kappa shape index (κ1) is 48.7. The Morgan fingerprint density at radius 1 is 0.903 bits per heavy atom. The van der Waals surface area contributed by atoms with Gasteiger partial charge in [-0.25, -0.2) is 22.4 Å². The van der Waals surface area contributed by atoms with Crippen LogP contribution >= 0.6 is 0 Å². The summed E-state index contributed by atoms with van der Waals surface area (Å²) < 4.78 is 64.3. The fourth-order valence-electron chi connectivity index (χ4n) is 7.77. The minimum Gasteiger partial charge on any atom is -0.478 e. The number of rotatable bonds is 17. The van der Waals surface area contributed by atoms with Crippen LogP contribution in [0.1, 0.15) is 117 Å². The third-order valence-electron chi connectivity index (χ3n) is 10.6. The predicted molar refractivity (Wildman–Crippen MR) is 212 cm³/mol. The molecule has 7 N–H and O–H groups in total. The molecule has 6 amide bonds. The maximum atomic E-state index is 15.1. The number of hydrogen-bond acceptors (Lipinski definition) is 9. The van der Waals surface area contributed by atoms with E-state index >= 15 is 4.39 Å². The van der Waals surface area contributed by atoms with Gasteiger partial charge in [0.15, 0.2) is 23.3 Å². The number of ketones is 1. The lowest BCUT2D eigenvalue weighted by Crippen LogP contribution is -2.58. The van der Waals surface area contributed by atoms with Gasteiger partial charge in [-0.1, -0.05) is 62.4 Å². The molecule has 4 rings (SSSR count). The fourth-order valence-corrected chi connectivity index (χ4v) is 7.77. The van der Waals surface area contributed by atoms with Crippen molar-refractivity contribution in [3.63, 3.8) is 0 Å². The van der Waals surface area contributed by atoms with Crippen molar-refractivity contribution in [2.24, 2.45) is 11.7 Å². The van der Waals surface area contributed by atoms with Gasteiger partial charge in [-0.15, -0.1) is 0 Å². The van der Waals surface area contributed by atoms with Gasteiger partial charge in [0.1, 0.15) is 23.7 Å². The number of nitrogens with two attached hydrogens (primary N) is 1. The lowest BCUT2D eigenvalue weighted by molar-refractivity contribution is -0.143. The predicted octanol–water partition coefficient (Wildman–Crippen LogP) is 3.03. The van der Waals surface area contributed by atoms with Gasteiger partial charge in [-0.2, -0.15) is 0 Å². The van der Waals surface area contributed by atoms with E-state index in [1.165, 1.54) is 0 Å². The molecular weight excluding hydrogens is 824 g/mol. The van der Waals surface area contributed by atoms with E-state index < -0.39 is 130 Å². The van der Waals surface area contributed by atoms with Gasteiger partial charge in [0.2, 0.25) is 29.4 Å². The lowest BCUT2D eigenvalue weighted by Gasteiger charge is -2.35. The molecule has 338 valence electrons. The van der Waals surface area contributed by atoms with E-state index in [1.54, 1.807) is 58.9 Å². The molecule has 2 aromatic rings. The molecule has 0 bridgehead atoms. The second-order valence-electron chi connectivity index (χ2n) is 16.5. The Bertz CT molecular complexity index is 2090. The number of hydrogen-bond donors (Lipinski definition) is 6. The summed E-state index contributed by atoms with van der Waals surface area (Å²) in [5.41, 5.74) is 2.39. The number of carbonyl (C=O) groups is 8. The molecule has 1 aliphatic carbocycles. The molecule has 1 saturated heterocycles. The largest absolute Gasteiger partial charge is 0.478 e. The quantitative estimate of drug-likeness (QED) is 0.0588. The number of ether oxygens (including phenoxy) is 1. The topological polar surface area (TPSA) is 243 Å². The number of aryl methyl sites for hydroxylation is 1. The number of nitrogens with one attached hydrogen (secondary N) is 4. The summed E-state index contributed by atoms with van der Waals surface area (Å²) in [5.74, 6) is -20.2. The maximum Gasteiger partial charge on any atom is 0.339 e. The number of carboxylic acid groups (broad SMARTS) is 1. The van der Waals surface area contributed by atoms with Crippen LogP contribution in [0.2, 0.25) is 0 Å². The van der Waals surface area contributed by atoms with Crippen LogP contribution in [0.4, 0.5) is 17.6 Å². The fraction of sp³-hybridized carbons (Fsp3) is 0.524. The molecule has 1 saturated carbocycles. The molecule has 5 unspecified atom stereocenters. The average Bonchev–Trinajstić information content (AvgIpc) is 3.63. The highest BCUT2D eigenvalue weighted by atomic mass is 19.2. The van der Waals surface area contributed by atoms with E-state index in [1.807, 2.05) is 0 Å². The highest BCUT2D eigenvalue weighted by molar-refractivity contribution is 6.38. The summed E-state index contributed by atoms with van der Waals surface area (Å²) in [5, 5.41) is 18.9. The van der Waals surface area contributed by atoms with Gasteiger partial charge in [0.25, 0.3) is 11.8 Å². The van der Waals surface area contributed by atoms with Crippen molar-refractivity contribution in [1.82, 2.24) is 26.2 Å². The van der Waals surface area contributed by atoms with E-state index in [9.17, 15) is 56.6 Å². The normalized spacial score (nSPS) is 18.2. The van der Waals surface area contributed by atoms with E-state index in [0.717, 1.165) is 16.9 Å². The van der Waals surface area contributed by atoms with Crippen molar-refractivity contribution in [3.8, 4) is 0 Å². The Balaban J connectivity index is 1.58. The van der Waals surface area contributed by atoms with Crippen molar-refractivity contribution in [2.45, 2.75) is 122 Å². The maximum absolute atomic E-state index is 15.1. The number of carbonyl (C=O) groups excluding carboxylic acids is 7. The number of halogens is 4. The number of likely N-dealkylation sites (tertiary alicyclic amines) is 1. The standard InChI is InChI=1S/C42H52F4N6O10/c1-6-11-24(35(54)39(58)48-18-26(53)50-33(36(47)55)22-15-10-12-20(2)16-22)49-37(56)25-17-23(62-42(3,4)5)19-52(25)40(59)34(21-13-8-7-9-14-21)51-38(57)27-28(41(60)61)30(44)32(46)31(45)29(27)43/h10,12,15-16,21,23-25,33-34H,6-9,11,13-14,17-19H2,1-5H3,(H2,47,55)(H,48,58)(H,49,56)(H,50,53)(H,51,57)(H,60,61). The smallest absolute Gasteiger partial charge is 0.339 e. The minimum atomic E-state index is -2.46. The molecule has 5 atom stereocenters. The zero-order chi connectivity index (χ0) is 46.2. The van der Waals surface area contributed by atoms with Gasteiger partial charge >= 0.3 is 5.97 Å². The van der Waals surface area contributed by atoms with Crippen LogP contribution in [0.5, 0.6) is 0 Å². The molecule has 20 heteroatoms. The monoisotopic (exact) mass is 876 g/mol. The number of Topliss-reactive ketones (excluding diaryl/α,β-unsaturated/α-hetero) is 1. The molecule has 2 aliphatic rings. The molecule has 2 aromatic carbocycles. The van der Waals surface area contributed by atoms with E-state index in [-0.39, 0.29) is 25.8 Å². The number of benzene rings is 2. The second-order valence-corrected chi connectivity index (χ2v) is 16.5. The van der Waals surface area contributed by atoms with Gasteiger partial charge in [-0.3, -0.25) is 33.6 Å². The van der Waals surface area contributed by atoms with Crippen LogP contribution < -0.4 is 27.0 Å². The first-order valence-electron chi connectivity index (χ1n) is 20.2. The summed E-state index contributed by atoms with van der Waals surface area (Å²) in [6.45, 7) is 7.60. The van der Waals surface area contributed by atoms with E-state index in [2.05, 4.69) is 21.3 Å². The van der Waals surface area contributed by atoms with Gasteiger partial charge < -0.3 is 41.7 Å². The molecule has 16 nitrogen and oxygen atoms in total. The molecule has 0 aromatic heterocycles. The number of primary amides is 1. The molecule has 62 heavy (non-hydrogen) atoms. The Morgan fingerprint density at radius 3 is 2.10 bits per heavy atom. The summed E-state index contributed by atoms with van der Waals surface area (Å²) in [7, 11) is 0. The number of amides is 6. The summed E-state index contributed by atoms with van der Waals surface area (Å²) in [6, 6.07) is 0.904. The molecular formula is C42H52F4N6O10. The number of aromatic carboxylic acids is 1. The Labute approximate surface area is 355 Å². The molecule has 0 radical (unpaired) electrons. The van der Waals surface area contributed by atoms with E-state index in [0.29, 0.717) is 31.2 Å². The lowest BCUT2D eigenvalue weighted by atomic mass is 9.83. The zero-order valence-corrected chi connectivity index (χ0v) is 35.0. The molecule has 2 fully saturated rings. The Kier molecular flexibility index (Phi) is 16.3. The van der Waals surface area contributed by atoms with Crippen molar-refractivity contribution in [2.75, 3.05) is 13.1 Å². The summed E-state index contributed by atoms with van der Waals surface area (Å²) in [6.07, 6.45) is 1.79. The van der Waals surface area contributed by atoms with Gasteiger partial charge in [0.05, 0.1) is 29.9 Å². The SMILES string of the molecule is CCCC(NC(=O)C1CC(OC(C)(C)C)CN1C(=O)C(NC(=O)c1c(F)c(F)c(F)c(F)c1C(=O)O)C1CCCCC1)C(=O)C(=O)NCC(=O)NC(C(N)=O)c1cccc(C)c1. The van der Waals surface area contributed by atoms with Crippen LogP contribution in [0.3, 0.4) is 0 Å². The van der Waals surface area contributed by atoms with Crippen LogP contribution in [-0.4, -0.2) is 100 Å². The van der Waals surface area contributed by atoms with Crippen LogP contribution in [0, 0.1) is 36.1 Å². The minimum absolute atomic E-state index is 0.0626. The van der Waals surface area contributed by atoms with E-state index in [4.69, 9.17) is 10.5 Å². The first-order chi connectivity index (χ1) is 29.1. The van der Waals surface area contributed by atoms with Gasteiger partial charge in [-0.05, 0) is 58.4 Å². The van der Waals surface area contributed by atoms with Crippen LogP contribution in [0.25, 0.3) is 0 Å². The van der Waals surface area contributed by atoms with Crippen molar-refractivity contribution in [1.29, 1.82) is 0 Å². The highest BCUT2D eigenvalue weighted by Gasteiger charge is 2.47. The first-order valence-corrected chi connectivity index (χ1v) is 20.2. The van der Waals surface area contributed by atoms with Crippen molar-refractivity contribution >= 4 is 47.2 Å². The Hall–Kier alpha value is -5.92. The second kappa shape index (κ2) is 20.8. The van der Waals surface area contributed by atoms with Crippen LogP contribution in [-0.2, 0) is 33.5 Å². The number of nitrogens with zero attached hydrogens (tertiary/aromatic N) is 1. The van der Waals surface area contributed by atoms with Crippen molar-refractivity contribution in [3.05, 3.63) is 69.8 Å². The zero-order valence-electron chi connectivity index (χ0n) is 35.0. The van der Waals surface area contributed by atoms with Crippen molar-refractivity contribution < 1.29 is 65.8 Å². The Morgan fingerprint density at radius 2 is 1.53 bits per heavy atom. The number of carboxylic acids is 1. The summed E-state index contributed by atoms with van der Waals surface area (Å²) >= 11 is 0. The molecule has 1 aliphatic heterocycles. The molecule has 1 heterocycles. The average molecular weight is 877 g/mol. The third kappa shape index (κ3) is 11.9. The van der Waals surface area contributed by atoms with Crippen LogP contribution in [0.15, 0.2) is 24.3 Å². The third-order valence-corrected chi connectivity index (χ3v) is 10.6. The highest BCUT2D eigenvalue weighted by Crippen LogP contribution is 2.32. The molecule has 0 spiro atoms. The summed E-state index contributed by atoms with van der Waals surface area (Å²) in [4.78, 5) is 107. The van der Waals surface area contributed by atoms with Gasteiger partial charge in [0, 0.05) is 13.0 Å².